The largest absolute Gasteiger partial charge is 0.338 e. The lowest BCUT2D eigenvalue weighted by atomic mass is 9.97. The van der Waals surface area contributed by atoms with E-state index in [0.29, 0.717) is 12.5 Å². The van der Waals surface area contributed by atoms with Crippen LogP contribution in [0, 0.1) is 5.92 Å². The highest BCUT2D eigenvalue weighted by Gasteiger charge is 2.25. The monoisotopic (exact) mass is 322 g/mol. The van der Waals surface area contributed by atoms with Crippen molar-refractivity contribution in [3.63, 3.8) is 0 Å². The van der Waals surface area contributed by atoms with E-state index in [2.05, 4.69) is 41.7 Å². The summed E-state index contributed by atoms with van der Waals surface area (Å²) in [6.07, 6.45) is 3.00. The second kappa shape index (κ2) is 8.65. The maximum atomic E-state index is 13.0. The van der Waals surface area contributed by atoms with Gasteiger partial charge >= 0.3 is 0 Å². The summed E-state index contributed by atoms with van der Waals surface area (Å²) in [4.78, 5) is 15.1. The van der Waals surface area contributed by atoms with Gasteiger partial charge in [0.25, 0.3) is 0 Å². The minimum Gasteiger partial charge on any atom is -0.338 e. The molecule has 1 fully saturated rings. The Kier molecular flexibility index (Phi) is 6.02. The average Bonchev–Trinajstić information content (AvgIpc) is 2.67. The number of benzene rings is 2. The van der Waals surface area contributed by atoms with E-state index in [0.717, 1.165) is 38.9 Å². The van der Waals surface area contributed by atoms with E-state index in [1.807, 2.05) is 29.2 Å². The Hall–Kier alpha value is -2.13. The van der Waals surface area contributed by atoms with E-state index in [4.69, 9.17) is 0 Å². The molecule has 1 unspecified atom stereocenters. The van der Waals surface area contributed by atoms with Gasteiger partial charge in [0.15, 0.2) is 0 Å². The highest BCUT2D eigenvalue weighted by Crippen LogP contribution is 2.16. The number of carbonyl (C=O) groups excluding carboxylic acids is 1. The number of nitrogens with one attached hydrogen (secondary N) is 1. The summed E-state index contributed by atoms with van der Waals surface area (Å²) in [6.45, 7) is 3.32. The molecular weight excluding hydrogens is 296 g/mol. The lowest BCUT2D eigenvalue weighted by molar-refractivity contribution is -0.136. The van der Waals surface area contributed by atoms with Crippen LogP contribution in [0.15, 0.2) is 60.7 Å². The first kappa shape index (κ1) is 16.7. The molecule has 0 spiro atoms. The van der Waals surface area contributed by atoms with Crippen molar-refractivity contribution in [2.45, 2.75) is 25.8 Å². The van der Waals surface area contributed by atoms with Crippen molar-refractivity contribution in [1.82, 2.24) is 10.2 Å². The number of carbonyl (C=O) groups is 1. The Balaban J connectivity index is 1.68. The van der Waals surface area contributed by atoms with Crippen LogP contribution in [0.1, 0.15) is 24.0 Å². The smallest absolute Gasteiger partial charge is 0.227 e. The minimum absolute atomic E-state index is 0.123. The standard InChI is InChI=1S/C21H26N2O/c24-21(20-12-7-14-22-16-20)23(17-19-10-5-2-6-11-19)15-13-18-8-3-1-4-9-18/h1-6,8-11,20,22H,7,12-17H2. The van der Waals surface area contributed by atoms with Crippen LogP contribution in [0.5, 0.6) is 0 Å². The maximum Gasteiger partial charge on any atom is 0.227 e. The molecule has 1 N–H and O–H groups in total. The summed E-state index contributed by atoms with van der Waals surface area (Å²) in [7, 11) is 0. The van der Waals surface area contributed by atoms with Crippen molar-refractivity contribution in [3.05, 3.63) is 71.8 Å². The van der Waals surface area contributed by atoms with Crippen LogP contribution in [-0.2, 0) is 17.8 Å². The fraction of sp³-hybridized carbons (Fsp3) is 0.381. The summed E-state index contributed by atoms with van der Waals surface area (Å²) in [5.74, 6) is 0.417. The Morgan fingerprint density at radius 3 is 2.29 bits per heavy atom. The molecule has 0 radical (unpaired) electrons. The molecule has 0 aromatic heterocycles. The molecule has 24 heavy (non-hydrogen) atoms. The Morgan fingerprint density at radius 1 is 1.00 bits per heavy atom. The van der Waals surface area contributed by atoms with Crippen LogP contribution in [0.25, 0.3) is 0 Å². The SMILES string of the molecule is O=C(C1CCCNC1)N(CCc1ccccc1)Cc1ccccc1. The number of amides is 1. The number of hydrogen-bond donors (Lipinski definition) is 1. The van der Waals surface area contributed by atoms with Gasteiger partial charge in [0.05, 0.1) is 5.92 Å². The fourth-order valence-corrected chi connectivity index (χ4v) is 3.30. The normalized spacial score (nSPS) is 17.4. The molecule has 1 atom stereocenters. The molecule has 1 heterocycles. The lowest BCUT2D eigenvalue weighted by Crippen LogP contribution is -2.43. The van der Waals surface area contributed by atoms with Gasteiger partial charge in [0.2, 0.25) is 5.91 Å². The zero-order chi connectivity index (χ0) is 16.6. The molecule has 1 aliphatic heterocycles. The van der Waals surface area contributed by atoms with Gasteiger partial charge in [0, 0.05) is 19.6 Å². The fourth-order valence-electron chi connectivity index (χ4n) is 3.30. The molecule has 1 aliphatic rings. The summed E-state index contributed by atoms with van der Waals surface area (Å²) in [5.41, 5.74) is 2.48. The molecule has 3 nitrogen and oxygen atoms in total. The summed E-state index contributed by atoms with van der Waals surface area (Å²) >= 11 is 0. The van der Waals surface area contributed by atoms with Crippen LogP contribution in [0.2, 0.25) is 0 Å². The summed E-state index contributed by atoms with van der Waals surface area (Å²) in [5, 5.41) is 3.36. The lowest BCUT2D eigenvalue weighted by Gasteiger charge is -2.30. The van der Waals surface area contributed by atoms with Crippen LogP contribution in [0.4, 0.5) is 0 Å². The number of rotatable bonds is 6. The van der Waals surface area contributed by atoms with Gasteiger partial charge in [-0.05, 0) is 36.9 Å². The molecule has 126 valence electrons. The molecule has 3 rings (SSSR count). The second-order valence-corrected chi connectivity index (χ2v) is 6.52. The number of piperidine rings is 1. The average molecular weight is 322 g/mol. The second-order valence-electron chi connectivity index (χ2n) is 6.52. The highest BCUT2D eigenvalue weighted by molar-refractivity contribution is 5.79. The van der Waals surface area contributed by atoms with Gasteiger partial charge < -0.3 is 10.2 Å². The van der Waals surface area contributed by atoms with Crippen molar-refractivity contribution in [2.75, 3.05) is 19.6 Å². The van der Waals surface area contributed by atoms with E-state index >= 15 is 0 Å². The quantitative estimate of drug-likeness (QED) is 0.885. The minimum atomic E-state index is 0.123. The molecule has 0 saturated carbocycles. The Bertz CT molecular complexity index is 621. The van der Waals surface area contributed by atoms with Crippen molar-refractivity contribution < 1.29 is 4.79 Å². The summed E-state index contributed by atoms with van der Waals surface area (Å²) < 4.78 is 0. The molecule has 2 aromatic carbocycles. The maximum absolute atomic E-state index is 13.0. The molecule has 3 heteroatoms. The first-order chi connectivity index (χ1) is 11.8. The molecule has 0 bridgehead atoms. The van der Waals surface area contributed by atoms with Crippen molar-refractivity contribution in [2.24, 2.45) is 5.92 Å². The highest BCUT2D eigenvalue weighted by atomic mass is 16.2. The topological polar surface area (TPSA) is 32.3 Å². The molecule has 1 amide bonds. The van der Waals surface area contributed by atoms with E-state index in [1.54, 1.807) is 0 Å². The van der Waals surface area contributed by atoms with Gasteiger partial charge in [-0.1, -0.05) is 60.7 Å². The third kappa shape index (κ3) is 4.68. The van der Waals surface area contributed by atoms with Crippen molar-refractivity contribution in [1.29, 1.82) is 0 Å². The van der Waals surface area contributed by atoms with Gasteiger partial charge in [-0.3, -0.25) is 4.79 Å². The predicted molar refractivity (Wildman–Crippen MR) is 97.6 cm³/mol. The first-order valence-corrected chi connectivity index (χ1v) is 8.90. The molecular formula is C21H26N2O. The van der Waals surface area contributed by atoms with E-state index < -0.39 is 0 Å². The third-order valence-corrected chi connectivity index (χ3v) is 4.69. The Labute approximate surface area is 144 Å². The van der Waals surface area contributed by atoms with Crippen LogP contribution >= 0.6 is 0 Å². The number of nitrogens with zero attached hydrogens (tertiary/aromatic N) is 1. The third-order valence-electron chi connectivity index (χ3n) is 4.69. The molecule has 1 saturated heterocycles. The van der Waals surface area contributed by atoms with E-state index in [1.165, 1.54) is 11.1 Å². The van der Waals surface area contributed by atoms with Gasteiger partial charge in [-0.25, -0.2) is 0 Å². The zero-order valence-corrected chi connectivity index (χ0v) is 14.2. The number of hydrogen-bond acceptors (Lipinski definition) is 2. The zero-order valence-electron chi connectivity index (χ0n) is 14.2. The first-order valence-electron chi connectivity index (χ1n) is 8.90. The predicted octanol–water partition coefficient (Wildman–Crippen LogP) is 3.26. The van der Waals surface area contributed by atoms with Crippen molar-refractivity contribution in [3.8, 4) is 0 Å². The van der Waals surface area contributed by atoms with Crippen LogP contribution in [-0.4, -0.2) is 30.4 Å². The van der Waals surface area contributed by atoms with Crippen LogP contribution in [0.3, 0.4) is 0 Å². The Morgan fingerprint density at radius 2 is 1.67 bits per heavy atom. The van der Waals surface area contributed by atoms with Crippen molar-refractivity contribution >= 4 is 5.91 Å². The molecule has 2 aromatic rings. The van der Waals surface area contributed by atoms with Gasteiger partial charge in [-0.2, -0.15) is 0 Å². The molecule has 0 aliphatic carbocycles. The van der Waals surface area contributed by atoms with Crippen LogP contribution < -0.4 is 5.32 Å². The summed E-state index contributed by atoms with van der Waals surface area (Å²) in [6, 6.07) is 20.7. The van der Waals surface area contributed by atoms with Gasteiger partial charge in [0.1, 0.15) is 0 Å². The van der Waals surface area contributed by atoms with E-state index in [9.17, 15) is 4.79 Å². The van der Waals surface area contributed by atoms with E-state index in [-0.39, 0.29) is 5.92 Å². The van der Waals surface area contributed by atoms with Gasteiger partial charge in [-0.15, -0.1) is 0 Å².